The third-order valence-electron chi connectivity index (χ3n) is 2.32. The smallest absolute Gasteiger partial charge is 0.214 e. The van der Waals surface area contributed by atoms with Gasteiger partial charge in [-0.2, -0.15) is 0 Å². The van der Waals surface area contributed by atoms with Crippen molar-refractivity contribution in [2.45, 2.75) is 13.0 Å². The van der Waals surface area contributed by atoms with Gasteiger partial charge >= 0.3 is 0 Å². The minimum absolute atomic E-state index is 0.0446. The van der Waals surface area contributed by atoms with Crippen LogP contribution in [0.4, 0.5) is 0 Å². The van der Waals surface area contributed by atoms with E-state index in [4.69, 9.17) is 16.3 Å². The van der Waals surface area contributed by atoms with Crippen LogP contribution in [0, 0.1) is 0 Å². The molecule has 0 amide bonds. The number of Topliss-reactive ketones (excluding diaryl/α,β-unsaturated/α-hetero) is 1. The second kappa shape index (κ2) is 5.87. The van der Waals surface area contributed by atoms with Crippen LogP contribution in [0.25, 0.3) is 0 Å². The van der Waals surface area contributed by atoms with Crippen molar-refractivity contribution in [1.82, 2.24) is 0 Å². The van der Waals surface area contributed by atoms with Crippen LogP contribution < -0.4 is 4.74 Å². The highest BCUT2D eigenvalue weighted by molar-refractivity contribution is 9.10. The third kappa shape index (κ3) is 3.13. The third-order valence-corrected chi connectivity index (χ3v) is 4.41. The van der Waals surface area contributed by atoms with Crippen LogP contribution in [0.2, 0.25) is 5.02 Å². The van der Waals surface area contributed by atoms with Gasteiger partial charge in [0.2, 0.25) is 5.78 Å². The molecule has 2 aromatic rings. The monoisotopic (exact) mass is 344 g/mol. The van der Waals surface area contributed by atoms with Gasteiger partial charge in [0.25, 0.3) is 0 Å². The zero-order chi connectivity index (χ0) is 13.1. The summed E-state index contributed by atoms with van der Waals surface area (Å²) in [4.78, 5) is 12.8. The average molecular weight is 346 g/mol. The topological polar surface area (TPSA) is 26.3 Å². The fourth-order valence-corrected chi connectivity index (χ4v) is 3.22. The number of carbonyl (C=O) groups is 1. The van der Waals surface area contributed by atoms with Gasteiger partial charge in [-0.3, -0.25) is 4.79 Å². The first kappa shape index (κ1) is 13.6. The molecule has 5 heteroatoms. The quantitative estimate of drug-likeness (QED) is 0.743. The number of ether oxygens (including phenoxy) is 1. The van der Waals surface area contributed by atoms with Gasteiger partial charge in [-0.25, -0.2) is 0 Å². The van der Waals surface area contributed by atoms with Gasteiger partial charge < -0.3 is 4.74 Å². The molecular weight excluding hydrogens is 336 g/mol. The Bertz CT molecular complexity index is 568. The molecule has 1 atom stereocenters. The molecule has 1 heterocycles. The minimum Gasteiger partial charge on any atom is -0.482 e. The predicted octanol–water partition coefficient (Wildman–Crippen LogP) is 4.81. The highest BCUT2D eigenvalue weighted by Gasteiger charge is 2.20. The molecule has 0 spiro atoms. The number of halogens is 2. The number of benzene rings is 1. The largest absolute Gasteiger partial charge is 0.482 e. The molecule has 0 saturated carbocycles. The number of rotatable bonds is 4. The van der Waals surface area contributed by atoms with E-state index in [9.17, 15) is 4.79 Å². The molecule has 0 aliphatic heterocycles. The van der Waals surface area contributed by atoms with E-state index < -0.39 is 6.10 Å². The number of hydrogen-bond donors (Lipinski definition) is 0. The minimum atomic E-state index is -0.543. The van der Waals surface area contributed by atoms with E-state index in [0.29, 0.717) is 15.6 Å². The Morgan fingerprint density at radius 2 is 2.22 bits per heavy atom. The van der Waals surface area contributed by atoms with Crippen molar-refractivity contribution in [3.8, 4) is 5.75 Å². The van der Waals surface area contributed by atoms with Crippen LogP contribution in [0.5, 0.6) is 5.75 Å². The summed E-state index contributed by atoms with van der Waals surface area (Å²) in [6, 6.07) is 8.87. The molecule has 0 saturated heterocycles. The van der Waals surface area contributed by atoms with Crippen molar-refractivity contribution >= 4 is 44.7 Å². The van der Waals surface area contributed by atoms with Crippen LogP contribution in [0.15, 0.2) is 40.2 Å². The van der Waals surface area contributed by atoms with Crippen LogP contribution in [-0.2, 0) is 0 Å². The molecule has 2 rings (SSSR count). The molecule has 1 unspecified atom stereocenters. The number of carbonyl (C=O) groups excluding carboxylic acids is 1. The number of ketones is 1. The summed E-state index contributed by atoms with van der Waals surface area (Å²) in [5.41, 5.74) is 0. The first-order chi connectivity index (χ1) is 8.58. The Labute approximate surface area is 123 Å². The molecule has 0 aliphatic rings. The van der Waals surface area contributed by atoms with E-state index in [1.807, 2.05) is 11.4 Å². The van der Waals surface area contributed by atoms with Gasteiger partial charge in [-0.1, -0.05) is 17.7 Å². The van der Waals surface area contributed by atoms with Crippen LogP contribution >= 0.6 is 38.9 Å². The molecule has 0 N–H and O–H groups in total. The summed E-state index contributed by atoms with van der Waals surface area (Å²) in [7, 11) is 0. The van der Waals surface area contributed by atoms with E-state index in [1.165, 1.54) is 11.3 Å². The summed E-state index contributed by atoms with van der Waals surface area (Å²) in [6.07, 6.45) is -0.543. The van der Waals surface area contributed by atoms with Crippen molar-refractivity contribution in [3.05, 3.63) is 50.1 Å². The molecular formula is C13H10BrClO2S. The molecule has 0 bridgehead atoms. The van der Waals surface area contributed by atoms with Crippen LogP contribution in [0.1, 0.15) is 16.6 Å². The number of thiophene rings is 1. The Kier molecular flexibility index (Phi) is 4.43. The van der Waals surface area contributed by atoms with Gasteiger partial charge in [0, 0.05) is 9.50 Å². The summed E-state index contributed by atoms with van der Waals surface area (Å²) in [5.74, 6) is 0.549. The van der Waals surface area contributed by atoms with E-state index in [-0.39, 0.29) is 5.78 Å². The maximum absolute atomic E-state index is 12.1. The number of hydrogen-bond acceptors (Lipinski definition) is 3. The highest BCUT2D eigenvalue weighted by atomic mass is 79.9. The van der Waals surface area contributed by atoms with E-state index in [1.54, 1.807) is 31.2 Å². The fraction of sp³-hybridized carbons (Fsp3) is 0.154. The fourth-order valence-electron chi connectivity index (χ4n) is 1.45. The highest BCUT2D eigenvalue weighted by Crippen LogP contribution is 2.26. The lowest BCUT2D eigenvalue weighted by atomic mass is 10.2. The van der Waals surface area contributed by atoms with E-state index in [2.05, 4.69) is 15.9 Å². The second-order valence-corrected chi connectivity index (χ2v) is 5.89. The standard InChI is InChI=1S/C13H10BrClO2S/c1-8(12(16)13-11(14)5-6-18-13)17-10-4-2-3-9(15)7-10/h2-8H,1H3. The Morgan fingerprint density at radius 3 is 2.83 bits per heavy atom. The molecule has 0 aliphatic carbocycles. The van der Waals surface area contributed by atoms with Gasteiger partial charge in [0.05, 0.1) is 4.88 Å². The maximum atomic E-state index is 12.1. The predicted molar refractivity (Wildman–Crippen MR) is 77.9 cm³/mol. The zero-order valence-corrected chi connectivity index (χ0v) is 12.7. The Balaban J connectivity index is 2.11. The normalized spacial score (nSPS) is 12.2. The molecule has 1 aromatic heterocycles. The molecule has 0 fully saturated rings. The molecule has 0 radical (unpaired) electrons. The van der Waals surface area contributed by atoms with Gasteiger partial charge in [-0.15, -0.1) is 11.3 Å². The lowest BCUT2D eigenvalue weighted by molar-refractivity contribution is 0.0822. The lowest BCUT2D eigenvalue weighted by Gasteiger charge is -2.13. The Morgan fingerprint density at radius 1 is 1.44 bits per heavy atom. The Hall–Kier alpha value is -0.840. The van der Waals surface area contributed by atoms with Gasteiger partial charge in [0.15, 0.2) is 6.10 Å². The summed E-state index contributed by atoms with van der Waals surface area (Å²) in [6.45, 7) is 1.73. The van der Waals surface area contributed by atoms with Crippen LogP contribution in [0.3, 0.4) is 0 Å². The van der Waals surface area contributed by atoms with Gasteiger partial charge in [0.1, 0.15) is 5.75 Å². The van der Waals surface area contributed by atoms with E-state index >= 15 is 0 Å². The molecule has 1 aromatic carbocycles. The average Bonchev–Trinajstić information content (AvgIpc) is 2.74. The summed E-state index contributed by atoms with van der Waals surface area (Å²) in [5, 5.41) is 2.45. The van der Waals surface area contributed by atoms with Crippen molar-refractivity contribution in [2.24, 2.45) is 0 Å². The van der Waals surface area contributed by atoms with Crippen molar-refractivity contribution in [2.75, 3.05) is 0 Å². The van der Waals surface area contributed by atoms with Crippen LogP contribution in [-0.4, -0.2) is 11.9 Å². The summed E-state index contributed by atoms with van der Waals surface area (Å²) < 4.78 is 6.39. The SMILES string of the molecule is CC(Oc1cccc(Cl)c1)C(=O)c1sccc1Br. The zero-order valence-electron chi connectivity index (χ0n) is 9.52. The van der Waals surface area contributed by atoms with E-state index in [0.717, 1.165) is 4.47 Å². The first-order valence-corrected chi connectivity index (χ1v) is 7.32. The second-order valence-electron chi connectivity index (χ2n) is 3.68. The van der Waals surface area contributed by atoms with Crippen molar-refractivity contribution in [1.29, 1.82) is 0 Å². The van der Waals surface area contributed by atoms with Gasteiger partial charge in [-0.05, 0) is 52.5 Å². The first-order valence-electron chi connectivity index (χ1n) is 5.27. The molecule has 18 heavy (non-hydrogen) atoms. The van der Waals surface area contributed by atoms with Crippen molar-refractivity contribution in [3.63, 3.8) is 0 Å². The van der Waals surface area contributed by atoms with Crippen molar-refractivity contribution < 1.29 is 9.53 Å². The lowest BCUT2D eigenvalue weighted by Crippen LogP contribution is -2.23. The maximum Gasteiger partial charge on any atom is 0.214 e. The molecule has 2 nitrogen and oxygen atoms in total. The summed E-state index contributed by atoms with van der Waals surface area (Å²) >= 11 is 10.6. The molecule has 94 valence electrons.